The first-order valence-corrected chi connectivity index (χ1v) is 15.1. The number of unbranched alkanes of at least 4 members (excludes halogenated alkanes) is 6. The van der Waals surface area contributed by atoms with Crippen molar-refractivity contribution < 1.29 is 13.2 Å². The highest BCUT2D eigenvalue weighted by atomic mass is 19.2. The van der Waals surface area contributed by atoms with Crippen molar-refractivity contribution in [2.24, 2.45) is 5.92 Å². The predicted molar refractivity (Wildman–Crippen MR) is 159 cm³/mol. The second-order valence-electron chi connectivity index (χ2n) is 11.2. The van der Waals surface area contributed by atoms with E-state index in [0.29, 0.717) is 23.1 Å². The van der Waals surface area contributed by atoms with E-state index in [-0.39, 0.29) is 11.4 Å². The molecular formula is C36H43F3. The minimum atomic E-state index is -0.805. The van der Waals surface area contributed by atoms with Gasteiger partial charge in [-0.1, -0.05) is 120 Å². The molecule has 3 aromatic carbocycles. The smallest absolute Gasteiger partial charge is 0.166 e. The van der Waals surface area contributed by atoms with Gasteiger partial charge in [0.2, 0.25) is 0 Å². The molecule has 0 spiro atoms. The monoisotopic (exact) mass is 532 g/mol. The fourth-order valence-corrected chi connectivity index (χ4v) is 5.88. The molecular weight excluding hydrogens is 489 g/mol. The highest BCUT2D eigenvalue weighted by Crippen LogP contribution is 2.35. The molecule has 0 N–H and O–H groups in total. The zero-order valence-electron chi connectivity index (χ0n) is 23.7. The van der Waals surface area contributed by atoms with E-state index in [1.165, 1.54) is 50.5 Å². The van der Waals surface area contributed by atoms with Gasteiger partial charge in [0.05, 0.1) is 0 Å². The Bertz CT molecular complexity index is 1240. The summed E-state index contributed by atoms with van der Waals surface area (Å²) in [5.41, 5.74) is 4.69. The van der Waals surface area contributed by atoms with Crippen molar-refractivity contribution in [3.05, 3.63) is 89.3 Å². The van der Waals surface area contributed by atoms with E-state index in [1.807, 2.05) is 12.1 Å². The molecule has 0 heterocycles. The molecule has 0 saturated carbocycles. The quantitative estimate of drug-likeness (QED) is 0.192. The predicted octanol–water partition coefficient (Wildman–Crippen LogP) is 11.7. The lowest BCUT2D eigenvalue weighted by atomic mass is 9.84. The Hall–Kier alpha value is -2.81. The van der Waals surface area contributed by atoms with Crippen molar-refractivity contribution >= 4 is 5.57 Å². The van der Waals surface area contributed by atoms with Crippen LogP contribution >= 0.6 is 0 Å². The van der Waals surface area contributed by atoms with Crippen LogP contribution in [0.4, 0.5) is 13.2 Å². The van der Waals surface area contributed by atoms with Gasteiger partial charge >= 0.3 is 0 Å². The van der Waals surface area contributed by atoms with Gasteiger partial charge in [-0.3, -0.25) is 0 Å². The van der Waals surface area contributed by atoms with Crippen LogP contribution in [-0.2, 0) is 6.42 Å². The van der Waals surface area contributed by atoms with E-state index in [1.54, 1.807) is 42.5 Å². The van der Waals surface area contributed by atoms with Crippen LogP contribution in [0, 0.1) is 23.4 Å². The molecule has 3 heteroatoms. The van der Waals surface area contributed by atoms with Gasteiger partial charge in [0.15, 0.2) is 11.6 Å². The SMILES string of the molecule is CCCCCCCCCc1ccc(-c2ccc(-c3ccc(C4=CCC(CCC)CC4)cc3F)cc2)c(F)c1F. The molecule has 1 aliphatic rings. The van der Waals surface area contributed by atoms with Crippen LogP contribution in [0.1, 0.15) is 102 Å². The Balaban J connectivity index is 1.40. The van der Waals surface area contributed by atoms with E-state index < -0.39 is 11.6 Å². The molecule has 0 nitrogen and oxygen atoms in total. The van der Waals surface area contributed by atoms with Crippen molar-refractivity contribution in [1.82, 2.24) is 0 Å². The van der Waals surface area contributed by atoms with Crippen LogP contribution in [0.5, 0.6) is 0 Å². The molecule has 208 valence electrons. The first kappa shape index (κ1) is 29.2. The van der Waals surface area contributed by atoms with Crippen LogP contribution in [0.15, 0.2) is 60.7 Å². The number of rotatable bonds is 13. The number of allylic oxidation sites excluding steroid dienone is 2. The van der Waals surface area contributed by atoms with E-state index in [0.717, 1.165) is 49.1 Å². The molecule has 0 bridgehead atoms. The summed E-state index contributed by atoms with van der Waals surface area (Å²) >= 11 is 0. The lowest BCUT2D eigenvalue weighted by Crippen LogP contribution is -2.05. The zero-order valence-corrected chi connectivity index (χ0v) is 23.7. The van der Waals surface area contributed by atoms with E-state index in [2.05, 4.69) is 19.9 Å². The summed E-state index contributed by atoms with van der Waals surface area (Å²) in [7, 11) is 0. The van der Waals surface area contributed by atoms with E-state index in [4.69, 9.17) is 0 Å². The van der Waals surface area contributed by atoms with Crippen molar-refractivity contribution in [1.29, 1.82) is 0 Å². The van der Waals surface area contributed by atoms with Crippen molar-refractivity contribution in [2.75, 3.05) is 0 Å². The normalized spacial score (nSPS) is 15.4. The second-order valence-corrected chi connectivity index (χ2v) is 11.2. The summed E-state index contributed by atoms with van der Waals surface area (Å²) in [5, 5.41) is 0. The van der Waals surface area contributed by atoms with Gasteiger partial charge in [-0.2, -0.15) is 0 Å². The van der Waals surface area contributed by atoms with Gasteiger partial charge in [-0.25, -0.2) is 13.2 Å². The average molecular weight is 533 g/mol. The maximum Gasteiger partial charge on any atom is 0.166 e. The lowest BCUT2D eigenvalue weighted by molar-refractivity contribution is 0.445. The third-order valence-corrected chi connectivity index (χ3v) is 8.28. The first-order valence-electron chi connectivity index (χ1n) is 15.1. The number of benzene rings is 3. The molecule has 1 atom stereocenters. The third-order valence-electron chi connectivity index (χ3n) is 8.28. The molecule has 3 aromatic rings. The Labute approximate surface area is 233 Å². The van der Waals surface area contributed by atoms with Crippen LogP contribution in [0.2, 0.25) is 0 Å². The maximum atomic E-state index is 15.1. The molecule has 4 rings (SSSR count). The Morgan fingerprint density at radius 2 is 1.31 bits per heavy atom. The van der Waals surface area contributed by atoms with Crippen LogP contribution in [0.3, 0.4) is 0 Å². The highest BCUT2D eigenvalue weighted by Gasteiger charge is 2.17. The molecule has 39 heavy (non-hydrogen) atoms. The van der Waals surface area contributed by atoms with Crippen LogP contribution < -0.4 is 0 Å². The summed E-state index contributed by atoms with van der Waals surface area (Å²) < 4.78 is 45.0. The lowest BCUT2D eigenvalue weighted by Gasteiger charge is -2.22. The Morgan fingerprint density at radius 1 is 0.667 bits per heavy atom. The third kappa shape index (κ3) is 7.65. The molecule has 1 unspecified atom stereocenters. The number of halogens is 3. The van der Waals surface area contributed by atoms with Gasteiger partial charge in [0.1, 0.15) is 5.82 Å². The molecule has 0 radical (unpaired) electrons. The topological polar surface area (TPSA) is 0 Å². The van der Waals surface area contributed by atoms with Gasteiger partial charge in [0.25, 0.3) is 0 Å². The standard InChI is InChI=1S/C36H43F3/c1-3-5-6-7-8-9-10-12-30-21-24-33(36(39)35(30)38)29-19-17-28(18-20-29)32-23-22-31(25-34(32)37)27-15-13-26(11-4-2)14-16-27/h15,17-26H,3-14,16H2,1-2H3. The minimum Gasteiger partial charge on any atom is -0.206 e. The molecule has 1 aliphatic carbocycles. The molecule has 0 aromatic heterocycles. The number of aryl methyl sites for hydroxylation is 1. The second kappa shape index (κ2) is 14.5. The van der Waals surface area contributed by atoms with Gasteiger partial charge in [-0.15, -0.1) is 0 Å². The zero-order chi connectivity index (χ0) is 27.6. The Kier molecular flexibility index (Phi) is 10.9. The largest absolute Gasteiger partial charge is 0.206 e. The molecule has 0 saturated heterocycles. The minimum absolute atomic E-state index is 0.240. The summed E-state index contributed by atoms with van der Waals surface area (Å²) in [6, 6.07) is 15.9. The van der Waals surface area contributed by atoms with E-state index >= 15 is 4.39 Å². The highest BCUT2D eigenvalue weighted by molar-refractivity contribution is 5.74. The average Bonchev–Trinajstić information content (AvgIpc) is 2.95. The van der Waals surface area contributed by atoms with Crippen molar-refractivity contribution in [3.8, 4) is 22.3 Å². The van der Waals surface area contributed by atoms with E-state index in [9.17, 15) is 8.78 Å². The van der Waals surface area contributed by atoms with Gasteiger partial charge in [-0.05, 0) is 71.9 Å². The molecule has 0 fully saturated rings. The summed E-state index contributed by atoms with van der Waals surface area (Å²) in [4.78, 5) is 0. The van der Waals surface area contributed by atoms with Crippen molar-refractivity contribution in [3.63, 3.8) is 0 Å². The van der Waals surface area contributed by atoms with Crippen LogP contribution in [0.25, 0.3) is 27.8 Å². The van der Waals surface area contributed by atoms with Gasteiger partial charge < -0.3 is 0 Å². The fraction of sp³-hybridized carbons (Fsp3) is 0.444. The number of hydrogen-bond donors (Lipinski definition) is 0. The van der Waals surface area contributed by atoms with Crippen molar-refractivity contribution in [2.45, 2.75) is 97.3 Å². The summed E-state index contributed by atoms with van der Waals surface area (Å²) in [5.74, 6) is -1.06. The molecule has 0 amide bonds. The summed E-state index contributed by atoms with van der Waals surface area (Å²) in [6.45, 7) is 4.42. The molecule has 0 aliphatic heterocycles. The first-order chi connectivity index (χ1) is 19.0. The maximum absolute atomic E-state index is 15.1. The van der Waals surface area contributed by atoms with Gasteiger partial charge in [0, 0.05) is 11.1 Å². The number of hydrogen-bond acceptors (Lipinski definition) is 0. The summed E-state index contributed by atoms with van der Waals surface area (Å²) in [6.07, 6.45) is 16.6. The fourth-order valence-electron chi connectivity index (χ4n) is 5.88. The Morgan fingerprint density at radius 3 is 1.95 bits per heavy atom. The van der Waals surface area contributed by atoms with Crippen LogP contribution in [-0.4, -0.2) is 0 Å².